The summed E-state index contributed by atoms with van der Waals surface area (Å²) in [6, 6.07) is 13.5. The number of nitrogens with zero attached hydrogens (tertiary/aromatic N) is 3. The number of hydrogen-bond donors (Lipinski definition) is 0. The van der Waals surface area contributed by atoms with Crippen molar-refractivity contribution in [3.63, 3.8) is 0 Å². The van der Waals surface area contributed by atoms with Gasteiger partial charge in [0.05, 0.1) is 23.2 Å². The second-order valence-corrected chi connectivity index (χ2v) is 7.96. The zero-order valence-corrected chi connectivity index (χ0v) is 16.3. The molecule has 0 unspecified atom stereocenters. The minimum atomic E-state index is -0.448. The van der Waals surface area contributed by atoms with Gasteiger partial charge in [0.15, 0.2) is 0 Å². The maximum absolute atomic E-state index is 13.2. The van der Waals surface area contributed by atoms with Gasteiger partial charge in [-0.15, -0.1) is 11.3 Å². The summed E-state index contributed by atoms with van der Waals surface area (Å²) in [5, 5.41) is 12.0. The second kappa shape index (κ2) is 7.18. The van der Waals surface area contributed by atoms with Crippen molar-refractivity contribution in [2.45, 2.75) is 13.5 Å². The predicted octanol–water partition coefficient (Wildman–Crippen LogP) is 5.04. The van der Waals surface area contributed by atoms with E-state index < -0.39 is 4.92 Å². The Morgan fingerprint density at radius 2 is 1.82 bits per heavy atom. The third kappa shape index (κ3) is 3.30. The number of thiophene rings is 1. The Bertz CT molecular complexity index is 1240. The van der Waals surface area contributed by atoms with Gasteiger partial charge in [-0.25, -0.2) is 4.98 Å². The monoisotopic (exact) mass is 411 g/mol. The van der Waals surface area contributed by atoms with E-state index in [0.717, 1.165) is 21.6 Å². The zero-order chi connectivity index (χ0) is 19.8. The standard InChI is InChI=1S/C20H14ClN3O3S/c1-12-17(14-4-6-15(21)7-5-14)18-19(28-12)22-11-23(20(18)25)10-13-2-8-16(9-3-13)24(26)27/h2-9,11H,10H2,1H3. The molecule has 2 heterocycles. The number of rotatable bonds is 4. The molecular weight excluding hydrogens is 398 g/mol. The first-order chi connectivity index (χ1) is 13.4. The van der Waals surface area contributed by atoms with Gasteiger partial charge in [0.25, 0.3) is 11.2 Å². The minimum Gasteiger partial charge on any atom is -0.294 e. The number of hydrogen-bond acceptors (Lipinski definition) is 5. The van der Waals surface area contributed by atoms with Crippen LogP contribution in [0.2, 0.25) is 5.02 Å². The van der Waals surface area contributed by atoms with E-state index in [4.69, 9.17) is 11.6 Å². The first kappa shape index (κ1) is 18.3. The van der Waals surface area contributed by atoms with E-state index in [1.54, 1.807) is 24.3 Å². The van der Waals surface area contributed by atoms with E-state index in [-0.39, 0.29) is 17.8 Å². The van der Waals surface area contributed by atoms with Crippen molar-refractivity contribution in [1.29, 1.82) is 0 Å². The minimum absolute atomic E-state index is 0.0168. The molecule has 0 spiro atoms. The summed E-state index contributed by atoms with van der Waals surface area (Å²) < 4.78 is 1.52. The topological polar surface area (TPSA) is 78.0 Å². The van der Waals surface area contributed by atoms with Gasteiger partial charge >= 0.3 is 0 Å². The van der Waals surface area contributed by atoms with Crippen molar-refractivity contribution in [3.05, 3.63) is 90.8 Å². The molecule has 0 aliphatic carbocycles. The number of benzene rings is 2. The highest BCUT2D eigenvalue weighted by molar-refractivity contribution is 7.19. The predicted molar refractivity (Wildman–Crippen MR) is 111 cm³/mol. The molecule has 0 fully saturated rings. The smallest absolute Gasteiger partial charge is 0.269 e. The van der Waals surface area contributed by atoms with Gasteiger partial charge in [-0.05, 0) is 30.2 Å². The van der Waals surface area contributed by atoms with Crippen LogP contribution in [0.5, 0.6) is 0 Å². The summed E-state index contributed by atoms with van der Waals surface area (Å²) in [5.41, 5.74) is 2.45. The van der Waals surface area contributed by atoms with Crippen molar-refractivity contribution in [3.8, 4) is 11.1 Å². The lowest BCUT2D eigenvalue weighted by molar-refractivity contribution is -0.384. The van der Waals surface area contributed by atoms with Gasteiger partial charge in [-0.2, -0.15) is 0 Å². The molecule has 6 nitrogen and oxygen atoms in total. The van der Waals surface area contributed by atoms with E-state index in [9.17, 15) is 14.9 Å². The van der Waals surface area contributed by atoms with Crippen molar-refractivity contribution in [1.82, 2.24) is 9.55 Å². The normalized spacial score (nSPS) is 11.1. The molecule has 8 heteroatoms. The largest absolute Gasteiger partial charge is 0.294 e. The molecule has 0 saturated heterocycles. The molecule has 4 aromatic rings. The van der Waals surface area contributed by atoms with Gasteiger partial charge in [-0.3, -0.25) is 19.5 Å². The molecule has 0 saturated carbocycles. The van der Waals surface area contributed by atoms with Gasteiger partial charge in [0, 0.05) is 27.6 Å². The number of halogens is 1. The fourth-order valence-electron chi connectivity index (χ4n) is 3.13. The quantitative estimate of drug-likeness (QED) is 0.348. The lowest BCUT2D eigenvalue weighted by atomic mass is 10.0. The van der Waals surface area contributed by atoms with Crippen LogP contribution in [0.4, 0.5) is 5.69 Å². The Morgan fingerprint density at radius 3 is 2.46 bits per heavy atom. The Morgan fingerprint density at radius 1 is 1.14 bits per heavy atom. The van der Waals surface area contributed by atoms with Crippen LogP contribution in [0, 0.1) is 17.0 Å². The maximum Gasteiger partial charge on any atom is 0.269 e. The first-order valence-corrected chi connectivity index (χ1v) is 9.61. The summed E-state index contributed by atoms with van der Waals surface area (Å²) in [6.45, 7) is 2.26. The van der Waals surface area contributed by atoms with Gasteiger partial charge in [0.1, 0.15) is 4.83 Å². The summed E-state index contributed by atoms with van der Waals surface area (Å²) >= 11 is 7.47. The fourth-order valence-corrected chi connectivity index (χ4v) is 4.26. The average Bonchev–Trinajstić information content (AvgIpc) is 3.02. The number of nitro benzene ring substituents is 1. The molecule has 28 heavy (non-hydrogen) atoms. The molecule has 0 N–H and O–H groups in total. The molecular formula is C20H14ClN3O3S. The molecule has 0 aliphatic rings. The van der Waals surface area contributed by atoms with Crippen LogP contribution in [0.1, 0.15) is 10.4 Å². The Hall–Kier alpha value is -3.03. The summed E-state index contributed by atoms with van der Waals surface area (Å²) in [6.07, 6.45) is 1.52. The number of non-ortho nitro benzene ring substituents is 1. The third-order valence-electron chi connectivity index (χ3n) is 4.49. The van der Waals surface area contributed by atoms with Crippen LogP contribution in [0.25, 0.3) is 21.3 Å². The van der Waals surface area contributed by atoms with Crippen LogP contribution in [0.15, 0.2) is 59.7 Å². The summed E-state index contributed by atoms with van der Waals surface area (Å²) in [5.74, 6) is 0. The number of aromatic nitrogens is 2. The number of nitro groups is 1. The zero-order valence-electron chi connectivity index (χ0n) is 14.8. The van der Waals surface area contributed by atoms with Gasteiger partial charge in [0.2, 0.25) is 0 Å². The highest BCUT2D eigenvalue weighted by Gasteiger charge is 2.17. The molecule has 4 rings (SSSR count). The molecule has 2 aromatic heterocycles. The molecule has 140 valence electrons. The Kier molecular flexibility index (Phi) is 4.70. The van der Waals surface area contributed by atoms with E-state index in [2.05, 4.69) is 4.98 Å². The lowest BCUT2D eigenvalue weighted by Gasteiger charge is -2.07. The van der Waals surface area contributed by atoms with Crippen molar-refractivity contribution in [2.24, 2.45) is 0 Å². The van der Waals surface area contributed by atoms with E-state index in [1.807, 2.05) is 19.1 Å². The van der Waals surface area contributed by atoms with Gasteiger partial charge in [-0.1, -0.05) is 35.9 Å². The second-order valence-electron chi connectivity index (χ2n) is 6.32. The third-order valence-corrected chi connectivity index (χ3v) is 5.75. The Balaban J connectivity index is 1.80. The maximum atomic E-state index is 13.2. The van der Waals surface area contributed by atoms with Crippen LogP contribution in [-0.2, 0) is 6.54 Å². The summed E-state index contributed by atoms with van der Waals surface area (Å²) in [7, 11) is 0. The van der Waals surface area contributed by atoms with E-state index >= 15 is 0 Å². The van der Waals surface area contributed by atoms with Crippen molar-refractivity contribution < 1.29 is 4.92 Å². The van der Waals surface area contributed by atoms with Crippen LogP contribution in [0.3, 0.4) is 0 Å². The lowest BCUT2D eigenvalue weighted by Crippen LogP contribution is -2.21. The van der Waals surface area contributed by atoms with Crippen LogP contribution < -0.4 is 5.56 Å². The summed E-state index contributed by atoms with van der Waals surface area (Å²) in [4.78, 5) is 29.7. The number of aryl methyl sites for hydroxylation is 1. The van der Waals surface area contributed by atoms with Gasteiger partial charge < -0.3 is 0 Å². The fraction of sp³-hybridized carbons (Fsp3) is 0.100. The highest BCUT2D eigenvalue weighted by Crippen LogP contribution is 2.35. The van der Waals surface area contributed by atoms with Crippen LogP contribution >= 0.6 is 22.9 Å². The molecule has 2 aromatic carbocycles. The van der Waals surface area contributed by atoms with E-state index in [1.165, 1.54) is 34.4 Å². The molecule has 0 radical (unpaired) electrons. The van der Waals surface area contributed by atoms with Crippen molar-refractivity contribution in [2.75, 3.05) is 0 Å². The van der Waals surface area contributed by atoms with Crippen LogP contribution in [-0.4, -0.2) is 14.5 Å². The molecule has 0 bridgehead atoms. The molecule has 0 atom stereocenters. The molecule has 0 amide bonds. The highest BCUT2D eigenvalue weighted by atomic mass is 35.5. The first-order valence-electron chi connectivity index (χ1n) is 8.42. The van der Waals surface area contributed by atoms with Crippen molar-refractivity contribution >= 4 is 38.8 Å². The number of fused-ring (bicyclic) bond motifs is 1. The Labute approximate surface area is 168 Å². The average molecular weight is 412 g/mol. The SMILES string of the molecule is Cc1sc2ncn(Cc3ccc([N+](=O)[O-])cc3)c(=O)c2c1-c1ccc(Cl)cc1. The molecule has 0 aliphatic heterocycles. The van der Waals surface area contributed by atoms with E-state index in [0.29, 0.717) is 15.2 Å².